The Morgan fingerprint density at radius 1 is 1.21 bits per heavy atom. The number of alkyl halides is 3. The lowest BCUT2D eigenvalue weighted by molar-refractivity contribution is -0.274. The van der Waals surface area contributed by atoms with Crippen LogP contribution >= 0.6 is 0 Å². The van der Waals surface area contributed by atoms with E-state index in [0.717, 1.165) is 36.3 Å². The minimum absolute atomic E-state index is 0.0198. The van der Waals surface area contributed by atoms with Crippen molar-refractivity contribution in [2.45, 2.75) is 51.1 Å². The van der Waals surface area contributed by atoms with E-state index in [1.54, 1.807) is 0 Å². The number of nitrogens with one attached hydrogen (secondary N) is 1. The summed E-state index contributed by atoms with van der Waals surface area (Å²) in [6.07, 6.45) is -3.38. The number of β-amino-alcohol motifs (C(OH)–C–C–N with tert-alkyl or cyclic N) is 1. The summed E-state index contributed by atoms with van der Waals surface area (Å²) in [7, 11) is 0. The fourth-order valence-corrected chi connectivity index (χ4v) is 4.29. The molecule has 3 unspecified atom stereocenters. The summed E-state index contributed by atoms with van der Waals surface area (Å²) in [6.45, 7) is 3.60. The third-order valence-corrected chi connectivity index (χ3v) is 5.84. The van der Waals surface area contributed by atoms with E-state index in [9.17, 15) is 27.9 Å². The van der Waals surface area contributed by atoms with Crippen LogP contribution in [0.2, 0.25) is 0 Å². The summed E-state index contributed by atoms with van der Waals surface area (Å²) in [5.41, 5.74) is -0.680. The smallest absolute Gasteiger partial charge is 0.406 e. The van der Waals surface area contributed by atoms with Gasteiger partial charge in [-0.05, 0) is 42.4 Å². The van der Waals surface area contributed by atoms with Gasteiger partial charge in [-0.2, -0.15) is 0 Å². The summed E-state index contributed by atoms with van der Waals surface area (Å²) < 4.78 is 40.5. The first-order chi connectivity index (χ1) is 13.0. The highest BCUT2D eigenvalue weighted by molar-refractivity contribution is 6.07. The molecule has 28 heavy (non-hydrogen) atoms. The van der Waals surface area contributed by atoms with Gasteiger partial charge in [0.2, 0.25) is 0 Å². The SMILES string of the molecule is CC1CCCC(C)C12NC(=O)N(CC(O)c1ccc(OC(F)(F)F)cc1)C2=O. The van der Waals surface area contributed by atoms with Gasteiger partial charge >= 0.3 is 12.4 Å². The second-order valence-corrected chi connectivity index (χ2v) is 7.58. The molecule has 1 heterocycles. The van der Waals surface area contributed by atoms with Gasteiger partial charge in [0.1, 0.15) is 11.3 Å². The van der Waals surface area contributed by atoms with Gasteiger partial charge in [-0.15, -0.1) is 13.2 Å². The largest absolute Gasteiger partial charge is 0.573 e. The molecule has 6 nitrogen and oxygen atoms in total. The molecule has 9 heteroatoms. The number of carbonyl (C=O) groups is 2. The molecule has 3 rings (SSSR count). The number of hydrogen-bond donors (Lipinski definition) is 2. The molecule has 1 aliphatic carbocycles. The molecule has 2 fully saturated rings. The highest BCUT2D eigenvalue weighted by Gasteiger charge is 2.58. The highest BCUT2D eigenvalue weighted by atomic mass is 19.4. The second kappa shape index (κ2) is 7.27. The minimum Gasteiger partial charge on any atom is -0.406 e. The zero-order valence-corrected chi connectivity index (χ0v) is 15.6. The molecule has 154 valence electrons. The summed E-state index contributed by atoms with van der Waals surface area (Å²) in [4.78, 5) is 26.5. The van der Waals surface area contributed by atoms with Crippen molar-refractivity contribution in [3.05, 3.63) is 29.8 Å². The fraction of sp³-hybridized carbons (Fsp3) is 0.579. The minimum atomic E-state index is -4.80. The average molecular weight is 400 g/mol. The van der Waals surface area contributed by atoms with E-state index < -0.39 is 29.8 Å². The van der Waals surface area contributed by atoms with Crippen molar-refractivity contribution >= 4 is 11.9 Å². The maximum absolute atomic E-state index is 13.1. The van der Waals surface area contributed by atoms with E-state index in [2.05, 4.69) is 10.1 Å². The van der Waals surface area contributed by atoms with Crippen molar-refractivity contribution in [3.63, 3.8) is 0 Å². The number of ether oxygens (including phenoxy) is 1. The van der Waals surface area contributed by atoms with Gasteiger partial charge in [0, 0.05) is 0 Å². The Labute approximate surface area is 160 Å². The molecule has 0 bridgehead atoms. The third-order valence-electron chi connectivity index (χ3n) is 5.84. The maximum atomic E-state index is 13.1. The monoisotopic (exact) mass is 400 g/mol. The number of carbonyl (C=O) groups excluding carboxylic acids is 2. The number of urea groups is 1. The number of rotatable bonds is 4. The summed E-state index contributed by atoms with van der Waals surface area (Å²) >= 11 is 0. The van der Waals surface area contributed by atoms with Crippen molar-refractivity contribution in [2.75, 3.05) is 6.54 Å². The topological polar surface area (TPSA) is 78.9 Å². The second-order valence-electron chi connectivity index (χ2n) is 7.58. The molecule has 0 aromatic heterocycles. The molecular formula is C19H23F3N2O4. The van der Waals surface area contributed by atoms with Crippen LogP contribution in [0.1, 0.15) is 44.8 Å². The van der Waals surface area contributed by atoms with Gasteiger partial charge < -0.3 is 15.2 Å². The lowest BCUT2D eigenvalue weighted by Gasteiger charge is -2.42. The zero-order valence-electron chi connectivity index (χ0n) is 15.6. The first kappa shape index (κ1) is 20.4. The number of aliphatic hydroxyl groups is 1. The van der Waals surface area contributed by atoms with Crippen molar-refractivity contribution in [1.29, 1.82) is 0 Å². The van der Waals surface area contributed by atoms with Crippen LogP contribution in [-0.2, 0) is 4.79 Å². The van der Waals surface area contributed by atoms with E-state index in [1.807, 2.05) is 13.8 Å². The van der Waals surface area contributed by atoms with Crippen LogP contribution in [0.25, 0.3) is 0 Å². The van der Waals surface area contributed by atoms with Gasteiger partial charge in [-0.25, -0.2) is 4.79 Å². The Kier molecular flexibility index (Phi) is 5.31. The summed E-state index contributed by atoms with van der Waals surface area (Å²) in [5, 5.41) is 13.3. The van der Waals surface area contributed by atoms with E-state index in [1.165, 1.54) is 12.1 Å². The quantitative estimate of drug-likeness (QED) is 0.760. The predicted molar refractivity (Wildman–Crippen MR) is 93.2 cm³/mol. The first-order valence-electron chi connectivity index (χ1n) is 9.22. The zero-order chi connectivity index (χ0) is 20.7. The van der Waals surface area contributed by atoms with Gasteiger partial charge in [0.05, 0.1) is 12.6 Å². The number of hydrogen-bond acceptors (Lipinski definition) is 4. The van der Waals surface area contributed by atoms with E-state index >= 15 is 0 Å². The Hall–Kier alpha value is -2.29. The Morgan fingerprint density at radius 3 is 2.32 bits per heavy atom. The van der Waals surface area contributed by atoms with Crippen LogP contribution in [0.4, 0.5) is 18.0 Å². The molecule has 1 spiro atoms. The summed E-state index contributed by atoms with van der Waals surface area (Å²) in [5.74, 6) is -0.808. The molecule has 2 N–H and O–H groups in total. The number of amides is 3. The summed E-state index contributed by atoms with van der Waals surface area (Å²) in [6, 6.07) is 4.13. The maximum Gasteiger partial charge on any atom is 0.573 e. The Bertz CT molecular complexity index is 741. The Balaban J connectivity index is 1.73. The molecule has 1 saturated heterocycles. The number of nitrogens with zero attached hydrogens (tertiary/aromatic N) is 1. The van der Waals surface area contributed by atoms with E-state index in [0.29, 0.717) is 0 Å². The normalized spacial score (nSPS) is 29.1. The van der Waals surface area contributed by atoms with Gasteiger partial charge in [0.15, 0.2) is 0 Å². The van der Waals surface area contributed by atoms with Crippen molar-refractivity contribution < 1.29 is 32.6 Å². The molecular weight excluding hydrogens is 377 g/mol. The number of benzene rings is 1. The van der Waals surface area contributed by atoms with Crippen LogP contribution in [0, 0.1) is 11.8 Å². The van der Waals surface area contributed by atoms with Crippen molar-refractivity contribution in [2.24, 2.45) is 11.8 Å². The number of halogens is 3. The fourth-order valence-electron chi connectivity index (χ4n) is 4.29. The molecule has 0 radical (unpaired) electrons. The molecule has 1 aromatic carbocycles. The standard InChI is InChI=1S/C19H23F3N2O4/c1-11-4-3-5-12(2)18(11)16(26)24(17(27)23-18)10-15(25)13-6-8-14(9-7-13)28-19(20,21)22/h6-9,11-12,15,25H,3-5,10H2,1-2H3,(H,23,27). The number of aliphatic hydroxyl groups excluding tert-OH is 1. The van der Waals surface area contributed by atoms with Crippen LogP contribution in [0.5, 0.6) is 5.75 Å². The lowest BCUT2D eigenvalue weighted by Crippen LogP contribution is -2.58. The van der Waals surface area contributed by atoms with Gasteiger partial charge in [-0.1, -0.05) is 32.4 Å². The van der Waals surface area contributed by atoms with Gasteiger partial charge in [-0.3, -0.25) is 9.69 Å². The molecule has 1 aliphatic heterocycles. The van der Waals surface area contributed by atoms with Crippen LogP contribution < -0.4 is 10.1 Å². The Morgan fingerprint density at radius 2 is 1.79 bits per heavy atom. The van der Waals surface area contributed by atoms with Crippen LogP contribution in [0.3, 0.4) is 0 Å². The van der Waals surface area contributed by atoms with E-state index in [-0.39, 0.29) is 29.9 Å². The van der Waals surface area contributed by atoms with Crippen molar-refractivity contribution in [3.8, 4) is 5.75 Å². The molecule has 1 aromatic rings. The first-order valence-corrected chi connectivity index (χ1v) is 9.22. The highest BCUT2D eigenvalue weighted by Crippen LogP contribution is 2.42. The molecule has 2 aliphatic rings. The molecule has 1 saturated carbocycles. The van der Waals surface area contributed by atoms with Crippen molar-refractivity contribution in [1.82, 2.24) is 10.2 Å². The third kappa shape index (κ3) is 3.67. The van der Waals surface area contributed by atoms with Gasteiger partial charge in [0.25, 0.3) is 5.91 Å². The van der Waals surface area contributed by atoms with E-state index in [4.69, 9.17) is 0 Å². The van der Waals surface area contributed by atoms with Crippen LogP contribution in [-0.4, -0.2) is 40.4 Å². The predicted octanol–water partition coefficient (Wildman–Crippen LogP) is 3.37. The number of imide groups is 1. The average Bonchev–Trinajstić information content (AvgIpc) is 2.85. The molecule has 3 amide bonds. The lowest BCUT2D eigenvalue weighted by atomic mass is 9.67. The van der Waals surface area contributed by atoms with Crippen LogP contribution in [0.15, 0.2) is 24.3 Å². The molecule has 3 atom stereocenters.